The molecule has 2 rings (SSSR count). The minimum atomic E-state index is 0. The van der Waals surface area contributed by atoms with Gasteiger partial charge in [-0.15, -0.1) is 29.3 Å². The van der Waals surface area contributed by atoms with Crippen molar-refractivity contribution in [2.45, 2.75) is 6.92 Å². The van der Waals surface area contributed by atoms with Gasteiger partial charge in [-0.25, -0.2) is 0 Å². The van der Waals surface area contributed by atoms with E-state index in [1.54, 1.807) is 6.20 Å². The van der Waals surface area contributed by atoms with Crippen LogP contribution in [0.5, 0.6) is 0 Å². The van der Waals surface area contributed by atoms with E-state index in [2.05, 4.69) is 27.0 Å². The van der Waals surface area contributed by atoms with Crippen molar-refractivity contribution in [2.24, 2.45) is 0 Å². The summed E-state index contributed by atoms with van der Waals surface area (Å²) >= 11 is 3.46. The zero-order valence-electron chi connectivity index (χ0n) is 8.12. The number of hydrogen-bond acceptors (Lipinski definition) is 1. The van der Waals surface area contributed by atoms with E-state index in [-0.39, 0.29) is 20.1 Å². The molecule has 0 fully saturated rings. The normalized spacial score (nSPS) is 9.47. The Kier molecular flexibility index (Phi) is 4.65. The molecular formula is C12H9BrIrN-. The number of aromatic nitrogens is 1. The Hall–Kier alpha value is -0.501. The van der Waals surface area contributed by atoms with Gasteiger partial charge in [0.05, 0.1) is 0 Å². The van der Waals surface area contributed by atoms with E-state index in [0.717, 1.165) is 21.3 Å². The third-order valence-corrected chi connectivity index (χ3v) is 2.37. The van der Waals surface area contributed by atoms with Gasteiger partial charge in [0.2, 0.25) is 0 Å². The molecule has 0 saturated heterocycles. The third kappa shape index (κ3) is 3.23. The second kappa shape index (κ2) is 5.55. The van der Waals surface area contributed by atoms with Gasteiger partial charge in [-0.2, -0.15) is 0 Å². The Morgan fingerprint density at radius 2 is 2.07 bits per heavy atom. The molecular weight excluding hydrogens is 430 g/mol. The summed E-state index contributed by atoms with van der Waals surface area (Å²) in [6, 6.07) is 13.2. The molecule has 0 amide bonds. The first-order valence-corrected chi connectivity index (χ1v) is 5.16. The Morgan fingerprint density at radius 3 is 2.67 bits per heavy atom. The zero-order chi connectivity index (χ0) is 9.97. The van der Waals surface area contributed by atoms with E-state index in [1.807, 2.05) is 37.3 Å². The van der Waals surface area contributed by atoms with Gasteiger partial charge in [0.25, 0.3) is 0 Å². The van der Waals surface area contributed by atoms with Crippen molar-refractivity contribution in [3.05, 3.63) is 52.6 Å². The molecule has 0 aliphatic rings. The van der Waals surface area contributed by atoms with Gasteiger partial charge in [-0.1, -0.05) is 39.5 Å². The molecule has 0 spiro atoms. The largest absolute Gasteiger partial charge is 0.305 e. The fraction of sp³-hybridized carbons (Fsp3) is 0.0833. The molecule has 0 N–H and O–H groups in total. The molecule has 1 nitrogen and oxygen atoms in total. The molecule has 0 atom stereocenters. The standard InChI is InChI=1S/C12H9BrN.Ir/c1-9-6-10(8-11(13)7-9)12-4-2-3-5-14-12;/h2-5,7-8H,1H3;/q-1;. The monoisotopic (exact) mass is 439 g/mol. The van der Waals surface area contributed by atoms with Crippen molar-refractivity contribution in [3.63, 3.8) is 0 Å². The van der Waals surface area contributed by atoms with Crippen LogP contribution in [0.2, 0.25) is 0 Å². The summed E-state index contributed by atoms with van der Waals surface area (Å²) < 4.78 is 1.06. The van der Waals surface area contributed by atoms with Gasteiger partial charge in [0.1, 0.15) is 0 Å². The molecule has 1 radical (unpaired) electrons. The minimum Gasteiger partial charge on any atom is -0.305 e. The predicted molar refractivity (Wildman–Crippen MR) is 60.9 cm³/mol. The molecule has 0 unspecified atom stereocenters. The quantitative estimate of drug-likeness (QED) is 0.619. The molecule has 3 heteroatoms. The SMILES string of the molecule is Cc1[c-]c(-c2ccccn2)cc(Br)c1.[Ir]. The average Bonchev–Trinajstić information content (AvgIpc) is 2.18. The molecule has 1 aromatic heterocycles. The first-order valence-electron chi connectivity index (χ1n) is 4.36. The van der Waals surface area contributed by atoms with Crippen molar-refractivity contribution in [3.8, 4) is 11.3 Å². The fourth-order valence-electron chi connectivity index (χ4n) is 1.33. The first kappa shape index (κ1) is 12.6. The number of halogens is 1. The number of pyridine rings is 1. The molecule has 79 valence electrons. The maximum Gasteiger partial charge on any atom is 0.0160 e. The van der Waals surface area contributed by atoms with Crippen LogP contribution in [-0.4, -0.2) is 4.98 Å². The number of benzene rings is 1. The number of rotatable bonds is 1. The average molecular weight is 439 g/mol. The van der Waals surface area contributed by atoms with Gasteiger partial charge >= 0.3 is 0 Å². The number of nitrogens with zero attached hydrogens (tertiary/aromatic N) is 1. The van der Waals surface area contributed by atoms with Gasteiger partial charge in [-0.05, 0) is 11.8 Å². The molecule has 0 aliphatic heterocycles. The molecule has 1 heterocycles. The van der Waals surface area contributed by atoms with E-state index < -0.39 is 0 Å². The summed E-state index contributed by atoms with van der Waals surface area (Å²) in [5, 5.41) is 0. The van der Waals surface area contributed by atoms with Crippen LogP contribution in [0.15, 0.2) is 41.0 Å². The Bertz CT molecular complexity index is 422. The van der Waals surface area contributed by atoms with Crippen molar-refractivity contribution in [1.82, 2.24) is 4.98 Å². The summed E-state index contributed by atoms with van der Waals surface area (Å²) in [7, 11) is 0. The Labute approximate surface area is 111 Å². The van der Waals surface area contributed by atoms with Gasteiger partial charge in [-0.3, -0.25) is 0 Å². The van der Waals surface area contributed by atoms with E-state index in [4.69, 9.17) is 0 Å². The summed E-state index contributed by atoms with van der Waals surface area (Å²) in [5.74, 6) is 0. The molecule has 15 heavy (non-hydrogen) atoms. The number of hydrogen-bond donors (Lipinski definition) is 0. The summed E-state index contributed by atoms with van der Waals surface area (Å²) in [5.41, 5.74) is 3.09. The summed E-state index contributed by atoms with van der Waals surface area (Å²) in [4.78, 5) is 4.28. The minimum absolute atomic E-state index is 0. The fourth-order valence-corrected chi connectivity index (χ4v) is 1.90. The summed E-state index contributed by atoms with van der Waals surface area (Å²) in [6.07, 6.45) is 1.79. The van der Waals surface area contributed by atoms with Crippen molar-refractivity contribution in [1.29, 1.82) is 0 Å². The van der Waals surface area contributed by atoms with Crippen LogP contribution >= 0.6 is 15.9 Å². The second-order valence-corrected chi connectivity index (χ2v) is 4.03. The molecule has 1 aromatic carbocycles. The zero-order valence-corrected chi connectivity index (χ0v) is 12.1. The van der Waals surface area contributed by atoms with Gasteiger partial charge in [0, 0.05) is 26.3 Å². The third-order valence-electron chi connectivity index (χ3n) is 1.91. The predicted octanol–water partition coefficient (Wildman–Crippen LogP) is 3.62. The van der Waals surface area contributed by atoms with Crippen LogP contribution in [-0.2, 0) is 20.1 Å². The van der Waals surface area contributed by atoms with Crippen LogP contribution in [0.1, 0.15) is 5.56 Å². The van der Waals surface area contributed by atoms with Crippen LogP contribution in [0.4, 0.5) is 0 Å². The summed E-state index contributed by atoms with van der Waals surface area (Å²) in [6.45, 7) is 2.02. The Morgan fingerprint density at radius 1 is 1.27 bits per heavy atom. The maximum absolute atomic E-state index is 4.28. The van der Waals surface area contributed by atoms with Gasteiger partial charge < -0.3 is 4.98 Å². The van der Waals surface area contributed by atoms with Crippen molar-refractivity contribution >= 4 is 15.9 Å². The maximum atomic E-state index is 4.28. The van der Waals surface area contributed by atoms with E-state index >= 15 is 0 Å². The van der Waals surface area contributed by atoms with Crippen LogP contribution in [0.25, 0.3) is 11.3 Å². The van der Waals surface area contributed by atoms with Crippen LogP contribution in [0, 0.1) is 13.0 Å². The second-order valence-electron chi connectivity index (χ2n) is 3.11. The molecule has 0 aliphatic carbocycles. The Balaban J connectivity index is 0.00000112. The number of aryl methyl sites for hydroxylation is 1. The smallest absolute Gasteiger partial charge is 0.0160 e. The molecule has 0 saturated carbocycles. The van der Waals surface area contributed by atoms with Gasteiger partial charge in [0.15, 0.2) is 0 Å². The van der Waals surface area contributed by atoms with Crippen molar-refractivity contribution < 1.29 is 20.1 Å². The van der Waals surface area contributed by atoms with Crippen molar-refractivity contribution in [2.75, 3.05) is 0 Å². The molecule has 2 aromatic rings. The van der Waals surface area contributed by atoms with Crippen LogP contribution < -0.4 is 0 Å². The first-order chi connectivity index (χ1) is 6.75. The van der Waals surface area contributed by atoms with Crippen LogP contribution in [0.3, 0.4) is 0 Å². The topological polar surface area (TPSA) is 12.9 Å². The molecule has 0 bridgehead atoms. The van der Waals surface area contributed by atoms with E-state index in [0.29, 0.717) is 0 Å². The van der Waals surface area contributed by atoms with E-state index in [9.17, 15) is 0 Å². The van der Waals surface area contributed by atoms with E-state index in [1.165, 1.54) is 0 Å².